The number of nitrogens with zero attached hydrogens (tertiary/aromatic N) is 3. The van der Waals surface area contributed by atoms with Crippen molar-refractivity contribution in [2.45, 2.75) is 13.5 Å². The lowest BCUT2D eigenvalue weighted by atomic mass is 10.2. The minimum absolute atomic E-state index is 0.153. The number of carbonyl (C=O) groups excluding carboxylic acids is 1. The summed E-state index contributed by atoms with van der Waals surface area (Å²) in [6.45, 7) is 6.22. The first-order chi connectivity index (χ1) is 13.7. The first-order valence-corrected chi connectivity index (χ1v) is 9.52. The van der Waals surface area contributed by atoms with Crippen LogP contribution >= 0.6 is 0 Å². The zero-order valence-electron chi connectivity index (χ0n) is 16.0. The Bertz CT molecular complexity index is 914. The van der Waals surface area contributed by atoms with Crippen molar-refractivity contribution >= 4 is 17.4 Å². The molecule has 1 aliphatic heterocycles. The highest BCUT2D eigenvalue weighted by molar-refractivity contribution is 5.93. The maximum Gasteiger partial charge on any atom is 0.253 e. The van der Waals surface area contributed by atoms with Crippen LogP contribution in [0.15, 0.2) is 65.4 Å². The molecule has 144 valence electrons. The number of anilines is 2. The Hall–Kier alpha value is -3.28. The summed E-state index contributed by atoms with van der Waals surface area (Å²) in [7, 11) is 0. The van der Waals surface area contributed by atoms with E-state index in [1.807, 2.05) is 18.2 Å². The standard InChI is InChI=1S/C22H24N4O2/c1-17-4-2-5-19(14-17)25-9-11-26(12-10-25)21-8-7-18(15-23-21)22(27)24-16-20-6-3-13-28-20/h2-8,13-15H,9-12,16H2,1H3,(H,24,27). The van der Waals surface area contributed by atoms with Crippen LogP contribution < -0.4 is 15.1 Å². The Balaban J connectivity index is 1.32. The number of hydrogen-bond donors (Lipinski definition) is 1. The molecule has 0 radical (unpaired) electrons. The molecule has 1 fully saturated rings. The van der Waals surface area contributed by atoms with Crippen LogP contribution in [-0.2, 0) is 6.54 Å². The number of carbonyl (C=O) groups is 1. The second kappa shape index (κ2) is 8.17. The molecular formula is C22H24N4O2. The van der Waals surface area contributed by atoms with Crippen molar-refractivity contribution in [1.29, 1.82) is 0 Å². The molecule has 1 saturated heterocycles. The third-order valence-corrected chi connectivity index (χ3v) is 4.98. The number of amides is 1. The van der Waals surface area contributed by atoms with Crippen LogP contribution in [0.4, 0.5) is 11.5 Å². The van der Waals surface area contributed by atoms with E-state index < -0.39 is 0 Å². The van der Waals surface area contributed by atoms with Crippen LogP contribution in [0.25, 0.3) is 0 Å². The molecule has 0 aliphatic carbocycles. The molecule has 0 saturated carbocycles. The van der Waals surface area contributed by atoms with Crippen molar-refractivity contribution < 1.29 is 9.21 Å². The van der Waals surface area contributed by atoms with Gasteiger partial charge in [0.15, 0.2) is 0 Å². The molecule has 6 heteroatoms. The number of furan rings is 1. The van der Waals surface area contributed by atoms with Crippen molar-refractivity contribution in [2.24, 2.45) is 0 Å². The molecule has 1 N–H and O–H groups in total. The smallest absolute Gasteiger partial charge is 0.253 e. The van der Waals surface area contributed by atoms with Crippen molar-refractivity contribution in [3.8, 4) is 0 Å². The molecule has 28 heavy (non-hydrogen) atoms. The quantitative estimate of drug-likeness (QED) is 0.741. The number of nitrogens with one attached hydrogen (secondary N) is 1. The van der Waals surface area contributed by atoms with Gasteiger partial charge in [-0.15, -0.1) is 0 Å². The van der Waals surface area contributed by atoms with Crippen LogP contribution in [0.1, 0.15) is 21.7 Å². The Morgan fingerprint density at radius 3 is 2.57 bits per heavy atom. The highest BCUT2D eigenvalue weighted by Gasteiger charge is 2.18. The predicted octanol–water partition coefficient (Wildman–Crippen LogP) is 3.24. The van der Waals surface area contributed by atoms with Crippen molar-refractivity contribution in [3.63, 3.8) is 0 Å². The van der Waals surface area contributed by atoms with E-state index in [2.05, 4.69) is 51.3 Å². The largest absolute Gasteiger partial charge is 0.467 e. The van der Waals surface area contributed by atoms with Crippen LogP contribution in [0.5, 0.6) is 0 Å². The van der Waals surface area contributed by atoms with E-state index >= 15 is 0 Å². The van der Waals surface area contributed by atoms with Crippen molar-refractivity contribution in [2.75, 3.05) is 36.0 Å². The van der Waals surface area contributed by atoms with Gasteiger partial charge in [-0.25, -0.2) is 4.98 Å². The van der Waals surface area contributed by atoms with Crippen molar-refractivity contribution in [3.05, 3.63) is 77.9 Å². The molecule has 3 aromatic rings. The summed E-state index contributed by atoms with van der Waals surface area (Å²) >= 11 is 0. The molecule has 4 rings (SSSR count). The minimum Gasteiger partial charge on any atom is -0.467 e. The SMILES string of the molecule is Cc1cccc(N2CCN(c3ccc(C(=O)NCc4ccco4)cn3)CC2)c1. The maximum absolute atomic E-state index is 12.2. The summed E-state index contributed by atoms with van der Waals surface area (Å²) in [5.74, 6) is 1.48. The molecule has 0 bridgehead atoms. The fraction of sp³-hybridized carbons (Fsp3) is 0.273. The molecule has 3 heterocycles. The number of rotatable bonds is 5. The third kappa shape index (κ3) is 4.17. The van der Waals surface area contributed by atoms with Crippen LogP contribution in [0.3, 0.4) is 0 Å². The molecule has 0 atom stereocenters. The van der Waals surface area contributed by atoms with Crippen LogP contribution in [0.2, 0.25) is 0 Å². The number of aromatic nitrogens is 1. The summed E-state index contributed by atoms with van der Waals surface area (Å²) in [5.41, 5.74) is 3.10. The second-order valence-corrected chi connectivity index (χ2v) is 6.98. The fourth-order valence-electron chi connectivity index (χ4n) is 3.41. The number of piperazine rings is 1. The van der Waals surface area contributed by atoms with Gasteiger partial charge in [0.05, 0.1) is 18.4 Å². The molecular weight excluding hydrogens is 352 g/mol. The number of aryl methyl sites for hydroxylation is 1. The topological polar surface area (TPSA) is 61.6 Å². The zero-order chi connectivity index (χ0) is 19.3. The summed E-state index contributed by atoms with van der Waals surface area (Å²) in [4.78, 5) is 21.4. The summed E-state index contributed by atoms with van der Waals surface area (Å²) in [6.07, 6.45) is 3.23. The number of hydrogen-bond acceptors (Lipinski definition) is 5. The van der Waals surface area contributed by atoms with E-state index in [0.717, 1.165) is 37.8 Å². The fourth-order valence-corrected chi connectivity index (χ4v) is 3.41. The van der Waals surface area contributed by atoms with E-state index in [4.69, 9.17) is 4.42 Å². The van der Waals surface area contributed by atoms with Crippen molar-refractivity contribution in [1.82, 2.24) is 10.3 Å². The molecule has 2 aromatic heterocycles. The van der Waals surface area contributed by atoms with Crippen LogP contribution in [0, 0.1) is 6.92 Å². The molecule has 0 unspecified atom stereocenters. The zero-order valence-corrected chi connectivity index (χ0v) is 16.0. The van der Waals surface area contributed by atoms with Gasteiger partial charge >= 0.3 is 0 Å². The Morgan fingerprint density at radius 2 is 1.89 bits per heavy atom. The summed E-state index contributed by atoms with van der Waals surface area (Å²) in [6, 6.07) is 16.0. The lowest BCUT2D eigenvalue weighted by Crippen LogP contribution is -2.46. The van der Waals surface area contributed by atoms with Gasteiger partial charge in [-0.05, 0) is 48.9 Å². The number of benzene rings is 1. The van der Waals surface area contributed by atoms with E-state index in [1.165, 1.54) is 11.3 Å². The molecule has 1 aromatic carbocycles. The molecule has 0 spiro atoms. The third-order valence-electron chi connectivity index (χ3n) is 4.98. The van der Waals surface area contributed by atoms with Gasteiger partial charge in [0.25, 0.3) is 5.91 Å². The molecule has 1 amide bonds. The van der Waals surface area contributed by atoms with Gasteiger partial charge in [-0.2, -0.15) is 0 Å². The Morgan fingerprint density at radius 1 is 1.07 bits per heavy atom. The second-order valence-electron chi connectivity index (χ2n) is 6.98. The molecule has 6 nitrogen and oxygen atoms in total. The van der Waals surface area contributed by atoms with Gasteiger partial charge in [-0.1, -0.05) is 12.1 Å². The van der Waals surface area contributed by atoms with E-state index in [0.29, 0.717) is 12.1 Å². The van der Waals surface area contributed by atoms with Crippen LogP contribution in [-0.4, -0.2) is 37.1 Å². The van der Waals surface area contributed by atoms with Gasteiger partial charge in [0, 0.05) is 38.1 Å². The highest BCUT2D eigenvalue weighted by atomic mass is 16.3. The van der Waals surface area contributed by atoms with Gasteiger partial charge < -0.3 is 19.5 Å². The summed E-state index contributed by atoms with van der Waals surface area (Å²) < 4.78 is 5.22. The first-order valence-electron chi connectivity index (χ1n) is 9.52. The maximum atomic E-state index is 12.2. The van der Waals surface area contributed by atoms with Gasteiger partial charge in [-0.3, -0.25) is 4.79 Å². The van der Waals surface area contributed by atoms with E-state index in [9.17, 15) is 4.79 Å². The normalized spacial score (nSPS) is 14.2. The summed E-state index contributed by atoms with van der Waals surface area (Å²) in [5, 5.41) is 2.84. The monoisotopic (exact) mass is 376 g/mol. The Kier molecular flexibility index (Phi) is 5.28. The van der Waals surface area contributed by atoms with E-state index in [-0.39, 0.29) is 5.91 Å². The molecule has 1 aliphatic rings. The Labute approximate surface area is 164 Å². The average molecular weight is 376 g/mol. The lowest BCUT2D eigenvalue weighted by Gasteiger charge is -2.36. The lowest BCUT2D eigenvalue weighted by molar-refractivity contribution is 0.0947. The average Bonchev–Trinajstić information content (AvgIpc) is 3.26. The predicted molar refractivity (Wildman–Crippen MR) is 110 cm³/mol. The van der Waals surface area contributed by atoms with E-state index in [1.54, 1.807) is 18.5 Å². The highest BCUT2D eigenvalue weighted by Crippen LogP contribution is 2.20. The number of pyridine rings is 1. The minimum atomic E-state index is -0.153. The van der Waals surface area contributed by atoms with Gasteiger partial charge in [0.2, 0.25) is 0 Å². The van der Waals surface area contributed by atoms with Gasteiger partial charge in [0.1, 0.15) is 11.6 Å². The first kappa shape index (κ1) is 18.1.